The Bertz CT molecular complexity index is 172. The minimum absolute atomic E-state index is 0. The van der Waals surface area contributed by atoms with Crippen LogP contribution >= 0.6 is 0 Å². The molecule has 0 rings (SSSR count). The summed E-state index contributed by atoms with van der Waals surface area (Å²) in [4.78, 5) is 9.59. The summed E-state index contributed by atoms with van der Waals surface area (Å²) < 4.78 is 12.3. The zero-order valence-electron chi connectivity index (χ0n) is 6.19. The molecule has 0 unspecified atom stereocenters. The molecule has 4 heteroatoms. The number of carbonyl (C=O) groups is 1. The molecule has 0 atom stereocenters. The van der Waals surface area contributed by atoms with Crippen LogP contribution in [0.4, 0.5) is 4.39 Å². The van der Waals surface area contributed by atoms with Crippen LogP contribution in [0.15, 0.2) is 0 Å². The van der Waals surface area contributed by atoms with Crippen molar-refractivity contribution in [3.63, 3.8) is 0 Å². The van der Waals surface area contributed by atoms with Crippen LogP contribution in [0.2, 0.25) is 0 Å². The molecule has 0 spiro atoms. The molecule has 0 aromatic rings. The van der Waals surface area contributed by atoms with Gasteiger partial charge in [-0.2, -0.15) is 0 Å². The number of carboxylic acid groups (broad SMARTS) is 1. The fourth-order valence-electron chi connectivity index (χ4n) is 0.200. The summed E-state index contributed by atoms with van der Waals surface area (Å²) in [6.07, 6.45) is 0. The second-order valence-electron chi connectivity index (χ2n) is 2.01. The van der Waals surface area contributed by atoms with E-state index in [2.05, 4.69) is 0 Å². The molecule has 0 fully saturated rings. The van der Waals surface area contributed by atoms with Crippen LogP contribution in [0.3, 0.4) is 0 Å². The Morgan fingerprint density at radius 1 is 1.60 bits per heavy atom. The molecule has 50 valence electrons. The van der Waals surface area contributed by atoms with Gasteiger partial charge in [-0.1, -0.05) is 5.92 Å². The first-order valence-electron chi connectivity index (χ1n) is 2.35. The summed E-state index contributed by atoms with van der Waals surface area (Å²) in [5.41, 5.74) is -1.75. The molecule has 0 amide bonds. The number of carbonyl (C=O) groups excluding carboxylic acids is 1. The van der Waals surface area contributed by atoms with Gasteiger partial charge in [0.2, 0.25) is 0 Å². The molecule has 0 aromatic carbocycles. The molecule has 0 radical (unpaired) electrons. The molecule has 0 bridgehead atoms. The average molecular weight is 136 g/mol. The largest absolute Gasteiger partial charge is 1.00 e. The molecule has 0 N–H and O–H groups in total. The van der Waals surface area contributed by atoms with Gasteiger partial charge in [-0.3, -0.25) is 0 Å². The van der Waals surface area contributed by atoms with Crippen molar-refractivity contribution in [1.29, 1.82) is 0 Å². The van der Waals surface area contributed by atoms with Crippen molar-refractivity contribution >= 4 is 5.97 Å². The smallest absolute Gasteiger partial charge is 0.537 e. The summed E-state index contributed by atoms with van der Waals surface area (Å²) in [5, 5.41) is 9.59. The molecule has 0 aromatic heterocycles. The molecule has 0 aliphatic rings. The quantitative estimate of drug-likeness (QED) is 0.256. The van der Waals surface area contributed by atoms with E-state index in [-0.39, 0.29) is 18.9 Å². The van der Waals surface area contributed by atoms with Crippen LogP contribution in [-0.4, -0.2) is 11.6 Å². The Balaban J connectivity index is 0. The molecule has 0 aliphatic carbocycles. The van der Waals surface area contributed by atoms with Crippen molar-refractivity contribution in [3.8, 4) is 11.8 Å². The first-order chi connectivity index (χ1) is 3.92. The van der Waals surface area contributed by atoms with Crippen LogP contribution in [0.5, 0.6) is 0 Å². The van der Waals surface area contributed by atoms with E-state index in [0.29, 0.717) is 0 Å². The third-order valence-corrected chi connectivity index (χ3v) is 0.462. The zero-order valence-corrected chi connectivity index (χ0v) is 6.19. The Hall–Kier alpha value is -0.443. The van der Waals surface area contributed by atoms with Crippen LogP contribution in [-0.2, 0) is 4.79 Å². The maximum absolute atomic E-state index is 12.3. The molecular formula is C6H6FLiO2. The maximum Gasteiger partial charge on any atom is 1.00 e. The van der Waals surface area contributed by atoms with Crippen molar-refractivity contribution < 1.29 is 33.2 Å². The number of alkyl halides is 1. The number of halogens is 1. The van der Waals surface area contributed by atoms with Crippen molar-refractivity contribution in [2.24, 2.45) is 0 Å². The summed E-state index contributed by atoms with van der Waals surface area (Å²) in [7, 11) is 0. The molecule has 10 heavy (non-hydrogen) atoms. The fourth-order valence-corrected chi connectivity index (χ4v) is 0.200. The standard InChI is InChI=1S/C6H7FO2.Li/c1-6(2,7)4-3-5(8)9;/h1-2H3,(H,8,9);/q;+1/p-1. The van der Waals surface area contributed by atoms with Crippen molar-refractivity contribution in [3.05, 3.63) is 0 Å². The molecule has 0 aliphatic heterocycles. The van der Waals surface area contributed by atoms with Gasteiger partial charge in [0.05, 0.1) is 0 Å². The van der Waals surface area contributed by atoms with E-state index in [1.165, 1.54) is 13.8 Å². The number of hydrogen-bond acceptors (Lipinski definition) is 2. The Morgan fingerprint density at radius 3 is 2.10 bits per heavy atom. The number of rotatable bonds is 0. The maximum atomic E-state index is 12.3. The molecule has 0 saturated heterocycles. The monoisotopic (exact) mass is 136 g/mol. The van der Waals surface area contributed by atoms with Crippen LogP contribution in [0.1, 0.15) is 13.8 Å². The van der Waals surface area contributed by atoms with Gasteiger partial charge in [-0.25, -0.2) is 4.39 Å². The normalized spacial score (nSPS) is 8.70. The van der Waals surface area contributed by atoms with Gasteiger partial charge < -0.3 is 9.90 Å². The summed E-state index contributed by atoms with van der Waals surface area (Å²) >= 11 is 0. The van der Waals surface area contributed by atoms with E-state index in [9.17, 15) is 14.3 Å². The Morgan fingerprint density at radius 2 is 2.00 bits per heavy atom. The second-order valence-corrected chi connectivity index (χ2v) is 2.01. The SMILES string of the molecule is CC(C)(F)C#CC(=O)[O-].[Li+]. The average Bonchev–Trinajstić information content (AvgIpc) is 1.59. The predicted octanol–water partition coefficient (Wildman–Crippen LogP) is -3.51. The number of hydrogen-bond donors (Lipinski definition) is 0. The summed E-state index contributed by atoms with van der Waals surface area (Å²) in [6.45, 7) is 2.34. The van der Waals surface area contributed by atoms with Gasteiger partial charge in [-0.15, -0.1) is 0 Å². The minimum Gasteiger partial charge on any atom is -0.537 e. The second kappa shape index (κ2) is 4.39. The van der Waals surface area contributed by atoms with Crippen LogP contribution in [0, 0.1) is 11.8 Å². The third-order valence-electron chi connectivity index (χ3n) is 0.462. The topological polar surface area (TPSA) is 40.1 Å². The number of aliphatic carboxylic acids is 1. The molecule has 0 heterocycles. The molecule has 0 saturated carbocycles. The van der Waals surface area contributed by atoms with E-state index in [4.69, 9.17) is 0 Å². The van der Waals surface area contributed by atoms with Crippen LogP contribution in [0.25, 0.3) is 0 Å². The van der Waals surface area contributed by atoms with Gasteiger partial charge in [0.15, 0.2) is 5.67 Å². The van der Waals surface area contributed by atoms with Gasteiger partial charge in [0.25, 0.3) is 0 Å². The first kappa shape index (κ1) is 12.3. The zero-order chi connectivity index (χ0) is 7.49. The van der Waals surface area contributed by atoms with Crippen LogP contribution < -0.4 is 24.0 Å². The van der Waals surface area contributed by atoms with Crippen molar-refractivity contribution in [2.75, 3.05) is 0 Å². The summed E-state index contributed by atoms with van der Waals surface area (Å²) in [6, 6.07) is 0. The minimum atomic E-state index is -1.75. The molecule has 2 nitrogen and oxygen atoms in total. The fraction of sp³-hybridized carbons (Fsp3) is 0.500. The number of carboxylic acids is 1. The Kier molecular flexibility index (Phi) is 5.37. The van der Waals surface area contributed by atoms with E-state index >= 15 is 0 Å². The van der Waals surface area contributed by atoms with Crippen molar-refractivity contribution in [1.82, 2.24) is 0 Å². The van der Waals surface area contributed by atoms with Gasteiger partial charge >= 0.3 is 18.9 Å². The third kappa shape index (κ3) is 10.5. The van der Waals surface area contributed by atoms with E-state index in [0.717, 1.165) is 0 Å². The molecular weight excluding hydrogens is 130 g/mol. The van der Waals surface area contributed by atoms with Crippen molar-refractivity contribution in [2.45, 2.75) is 19.5 Å². The van der Waals surface area contributed by atoms with Gasteiger partial charge in [0.1, 0.15) is 5.97 Å². The van der Waals surface area contributed by atoms with E-state index in [1.54, 1.807) is 5.92 Å². The van der Waals surface area contributed by atoms with E-state index in [1.807, 2.05) is 5.92 Å². The predicted molar refractivity (Wildman–Crippen MR) is 28.0 cm³/mol. The van der Waals surface area contributed by atoms with Gasteiger partial charge in [-0.05, 0) is 19.8 Å². The van der Waals surface area contributed by atoms with Gasteiger partial charge in [0, 0.05) is 0 Å². The summed E-state index contributed by atoms with van der Waals surface area (Å²) in [5.74, 6) is 1.85. The first-order valence-corrected chi connectivity index (χ1v) is 2.35. The Labute approximate surface area is 71.0 Å². The van der Waals surface area contributed by atoms with E-state index < -0.39 is 11.6 Å².